The molecule has 0 fully saturated rings. The highest BCUT2D eigenvalue weighted by Crippen LogP contribution is 2.30. The van der Waals surface area contributed by atoms with Crippen LogP contribution in [0.2, 0.25) is 0 Å². The minimum Gasteiger partial charge on any atom is -0.490 e. The largest absolute Gasteiger partial charge is 0.490 e. The minimum atomic E-state index is -0.391. The summed E-state index contributed by atoms with van der Waals surface area (Å²) in [5, 5.41) is 20.6. The summed E-state index contributed by atoms with van der Waals surface area (Å²) in [6.07, 6.45) is -0.783. The maximum atomic E-state index is 10.3. The van der Waals surface area contributed by atoms with Gasteiger partial charge in [-0.25, -0.2) is 0 Å². The van der Waals surface area contributed by atoms with Crippen molar-refractivity contribution in [2.24, 2.45) is 0 Å². The molecule has 0 aliphatic heterocycles. The van der Waals surface area contributed by atoms with Crippen LogP contribution in [0.15, 0.2) is 133 Å². The van der Waals surface area contributed by atoms with Crippen LogP contribution in [0, 0.1) is 0 Å². The summed E-state index contributed by atoms with van der Waals surface area (Å²) in [7, 11) is 0. The smallest absolute Gasteiger partial charge is 0.125 e. The van der Waals surface area contributed by atoms with E-state index in [9.17, 15) is 10.2 Å². The van der Waals surface area contributed by atoms with Crippen LogP contribution in [0.4, 0.5) is 0 Å². The fourth-order valence-electron chi connectivity index (χ4n) is 5.16. The lowest BCUT2D eigenvalue weighted by atomic mass is 10.1. The van der Waals surface area contributed by atoms with Crippen molar-refractivity contribution in [2.45, 2.75) is 51.8 Å². The molecule has 8 nitrogen and oxygen atoms in total. The maximum Gasteiger partial charge on any atom is 0.125 e. The van der Waals surface area contributed by atoms with Crippen LogP contribution in [0.5, 0.6) is 11.5 Å². The Morgan fingerprint density at radius 2 is 0.720 bits per heavy atom. The second-order valence-corrected chi connectivity index (χ2v) is 11.8. The Morgan fingerprint density at radius 3 is 1.04 bits per heavy atom. The molecule has 0 aliphatic rings. The first-order valence-electron chi connectivity index (χ1n) is 16.9. The monoisotopic (exact) mass is 678 g/mol. The predicted molar refractivity (Wildman–Crippen MR) is 192 cm³/mol. The first-order valence-corrected chi connectivity index (χ1v) is 16.9. The third-order valence-electron chi connectivity index (χ3n) is 7.92. The van der Waals surface area contributed by atoms with Gasteiger partial charge in [-0.05, 0) is 34.4 Å². The first-order chi connectivity index (χ1) is 24.7. The Morgan fingerprint density at radius 1 is 0.400 bits per heavy atom. The number of hydrogen-bond acceptors (Lipinski definition) is 8. The van der Waals surface area contributed by atoms with Crippen molar-refractivity contribution < 1.29 is 38.6 Å². The zero-order chi connectivity index (χ0) is 34.6. The van der Waals surface area contributed by atoms with Crippen molar-refractivity contribution in [2.75, 3.05) is 26.4 Å². The van der Waals surface area contributed by atoms with Crippen molar-refractivity contribution in [1.29, 1.82) is 0 Å². The number of aliphatic hydroxyl groups excluding tert-OH is 2. The molecule has 50 heavy (non-hydrogen) atoms. The Bertz CT molecular complexity index is 1510. The van der Waals surface area contributed by atoms with Crippen molar-refractivity contribution >= 4 is 0 Å². The molecule has 2 atom stereocenters. The Hall–Kier alpha value is -4.54. The second-order valence-electron chi connectivity index (χ2n) is 11.8. The molecule has 0 heterocycles. The van der Waals surface area contributed by atoms with Gasteiger partial charge < -0.3 is 38.6 Å². The highest BCUT2D eigenvalue weighted by molar-refractivity contribution is 5.46. The van der Waals surface area contributed by atoms with E-state index in [4.69, 9.17) is 28.4 Å². The van der Waals surface area contributed by atoms with E-state index in [1.807, 2.05) is 121 Å². The van der Waals surface area contributed by atoms with Gasteiger partial charge in [-0.3, -0.25) is 0 Å². The van der Waals surface area contributed by atoms with Crippen LogP contribution in [-0.4, -0.2) is 48.8 Å². The summed E-state index contributed by atoms with van der Waals surface area (Å²) in [6, 6.07) is 43.1. The van der Waals surface area contributed by atoms with Crippen molar-refractivity contribution in [3.63, 3.8) is 0 Å². The van der Waals surface area contributed by atoms with Crippen LogP contribution < -0.4 is 9.47 Å². The molecule has 0 aliphatic carbocycles. The van der Waals surface area contributed by atoms with E-state index >= 15 is 0 Å². The Labute approximate surface area is 294 Å². The van der Waals surface area contributed by atoms with Gasteiger partial charge in [-0.1, -0.05) is 121 Å². The van der Waals surface area contributed by atoms with E-state index in [0.29, 0.717) is 62.3 Å². The van der Waals surface area contributed by atoms with Crippen molar-refractivity contribution in [1.82, 2.24) is 0 Å². The number of hydrogen-bond donors (Lipinski definition) is 2. The summed E-state index contributed by atoms with van der Waals surface area (Å²) < 4.78 is 36.8. The SMILES string of the molecule is OCc1cc(OCC(COCc2ccccc2)OCc2ccccc2)c(CO)cc1OCC(COCc1ccccc1)OCc1ccccc1. The summed E-state index contributed by atoms with van der Waals surface area (Å²) in [6.45, 7) is 2.08. The van der Waals surface area contributed by atoms with Gasteiger partial charge in [0.2, 0.25) is 0 Å². The van der Waals surface area contributed by atoms with Gasteiger partial charge in [-0.2, -0.15) is 0 Å². The number of rotatable bonds is 22. The molecule has 0 saturated carbocycles. The normalized spacial score (nSPS) is 12.4. The van der Waals surface area contributed by atoms with Crippen molar-refractivity contribution in [3.8, 4) is 11.5 Å². The topological polar surface area (TPSA) is 95.8 Å². The molecular formula is C42H46O8. The lowest BCUT2D eigenvalue weighted by Crippen LogP contribution is -2.28. The first kappa shape index (κ1) is 36.7. The molecule has 0 aromatic heterocycles. The summed E-state index contributed by atoms with van der Waals surface area (Å²) in [5.41, 5.74) is 5.25. The van der Waals surface area contributed by atoms with Crippen molar-refractivity contribution in [3.05, 3.63) is 167 Å². The number of aliphatic hydroxyl groups is 2. The van der Waals surface area contributed by atoms with Crippen LogP contribution in [0.1, 0.15) is 33.4 Å². The van der Waals surface area contributed by atoms with Crippen LogP contribution in [0.3, 0.4) is 0 Å². The number of ether oxygens (including phenoxy) is 6. The van der Waals surface area contributed by atoms with Gasteiger partial charge in [0.15, 0.2) is 0 Å². The van der Waals surface area contributed by atoms with Crippen LogP contribution >= 0.6 is 0 Å². The molecule has 5 aromatic rings. The third-order valence-corrected chi connectivity index (χ3v) is 7.92. The van der Waals surface area contributed by atoms with Gasteiger partial charge in [0.25, 0.3) is 0 Å². The molecule has 0 spiro atoms. The highest BCUT2D eigenvalue weighted by Gasteiger charge is 2.18. The van der Waals surface area contributed by atoms with Gasteiger partial charge in [0.1, 0.15) is 36.9 Å². The van der Waals surface area contributed by atoms with E-state index in [1.165, 1.54) is 0 Å². The third kappa shape index (κ3) is 12.4. The predicted octanol–water partition coefficient (Wildman–Crippen LogP) is 7.03. The molecule has 0 bridgehead atoms. The highest BCUT2D eigenvalue weighted by atomic mass is 16.6. The van der Waals surface area contributed by atoms with E-state index < -0.39 is 12.2 Å². The minimum absolute atomic E-state index is 0.174. The maximum absolute atomic E-state index is 10.3. The molecule has 0 saturated heterocycles. The second kappa shape index (κ2) is 20.9. The Kier molecular flexibility index (Phi) is 15.3. The molecule has 2 N–H and O–H groups in total. The molecule has 8 heteroatoms. The molecular weight excluding hydrogens is 632 g/mol. The van der Waals surface area contributed by atoms with Gasteiger partial charge in [-0.15, -0.1) is 0 Å². The summed E-state index contributed by atoms with van der Waals surface area (Å²) in [5.74, 6) is 0.867. The van der Waals surface area contributed by atoms with E-state index in [-0.39, 0.29) is 26.4 Å². The zero-order valence-corrected chi connectivity index (χ0v) is 28.3. The van der Waals surface area contributed by atoms with Gasteiger partial charge in [0.05, 0.1) is 52.9 Å². The molecule has 5 aromatic carbocycles. The zero-order valence-electron chi connectivity index (χ0n) is 28.3. The molecule has 2 unspecified atom stereocenters. The lowest BCUT2D eigenvalue weighted by molar-refractivity contribution is -0.0498. The molecule has 262 valence electrons. The standard InChI is InChI=1S/C42H46O8/c43-23-37-22-42(50-32-40(48-28-36-19-11-4-12-20-36)30-46-26-34-15-7-2-8-16-34)38(24-44)21-41(37)49-31-39(47-27-35-17-9-3-10-18-35)29-45-25-33-13-5-1-6-14-33/h1-22,39-40,43-44H,23-32H2. The Balaban J connectivity index is 1.22. The average Bonchev–Trinajstić information content (AvgIpc) is 3.18. The van der Waals surface area contributed by atoms with Crippen LogP contribution in [-0.2, 0) is 58.6 Å². The fourth-order valence-corrected chi connectivity index (χ4v) is 5.16. The average molecular weight is 679 g/mol. The molecule has 0 radical (unpaired) electrons. The van der Waals surface area contributed by atoms with Gasteiger partial charge >= 0.3 is 0 Å². The van der Waals surface area contributed by atoms with E-state index in [1.54, 1.807) is 12.1 Å². The fraction of sp³-hybridized carbons (Fsp3) is 0.286. The summed E-state index contributed by atoms with van der Waals surface area (Å²) in [4.78, 5) is 0. The molecule has 5 rings (SSSR count). The lowest BCUT2D eigenvalue weighted by Gasteiger charge is -2.22. The van der Waals surface area contributed by atoms with E-state index in [0.717, 1.165) is 22.3 Å². The number of benzene rings is 5. The quantitative estimate of drug-likeness (QED) is 0.0806. The van der Waals surface area contributed by atoms with Crippen LogP contribution in [0.25, 0.3) is 0 Å². The molecule has 0 amide bonds. The summed E-state index contributed by atoms with van der Waals surface area (Å²) >= 11 is 0. The van der Waals surface area contributed by atoms with E-state index in [2.05, 4.69) is 0 Å². The van der Waals surface area contributed by atoms with Gasteiger partial charge in [0, 0.05) is 11.1 Å².